The SMILES string of the molecule is COc1cc(F)c(C(=O)Nc2ccc3c(c2F)CCNC3)cc1OC. The Hall–Kier alpha value is -2.67. The third kappa shape index (κ3) is 3.28. The number of hydrogen-bond acceptors (Lipinski definition) is 4. The molecule has 5 nitrogen and oxygen atoms in total. The zero-order valence-electron chi connectivity index (χ0n) is 13.9. The Morgan fingerprint density at radius 3 is 2.60 bits per heavy atom. The summed E-state index contributed by atoms with van der Waals surface area (Å²) in [5.74, 6) is -1.63. The van der Waals surface area contributed by atoms with Crippen molar-refractivity contribution in [3.05, 3.63) is 52.6 Å². The van der Waals surface area contributed by atoms with Crippen LogP contribution < -0.4 is 20.1 Å². The quantitative estimate of drug-likeness (QED) is 0.892. The fraction of sp³-hybridized carbons (Fsp3) is 0.278. The van der Waals surface area contributed by atoms with Gasteiger partial charge in [0.1, 0.15) is 11.6 Å². The molecule has 2 aromatic carbocycles. The van der Waals surface area contributed by atoms with Crippen LogP contribution in [0.1, 0.15) is 21.5 Å². The maximum atomic E-state index is 14.6. The predicted molar refractivity (Wildman–Crippen MR) is 89.3 cm³/mol. The summed E-state index contributed by atoms with van der Waals surface area (Å²) in [7, 11) is 2.75. The maximum Gasteiger partial charge on any atom is 0.258 e. The maximum absolute atomic E-state index is 14.6. The highest BCUT2D eigenvalue weighted by molar-refractivity contribution is 6.05. The Kier molecular flexibility index (Phi) is 4.85. The molecule has 0 spiro atoms. The standard InChI is InChI=1S/C18H18F2N2O3/c1-24-15-7-12(13(19)8-16(15)25-2)18(23)22-14-4-3-10-9-21-6-5-11(10)17(14)20/h3-4,7-8,21H,5-6,9H2,1-2H3,(H,22,23). The molecule has 0 atom stereocenters. The molecule has 7 heteroatoms. The third-order valence-corrected chi connectivity index (χ3v) is 4.17. The third-order valence-electron chi connectivity index (χ3n) is 4.17. The molecule has 0 unspecified atom stereocenters. The first-order valence-electron chi connectivity index (χ1n) is 7.79. The van der Waals surface area contributed by atoms with Crippen LogP contribution in [0.25, 0.3) is 0 Å². The summed E-state index contributed by atoms with van der Waals surface area (Å²) in [4.78, 5) is 12.4. The number of ether oxygens (including phenoxy) is 2. The number of nitrogens with one attached hydrogen (secondary N) is 2. The van der Waals surface area contributed by atoms with Crippen molar-refractivity contribution in [2.24, 2.45) is 0 Å². The molecule has 1 aliphatic rings. The van der Waals surface area contributed by atoms with Gasteiger partial charge in [-0.2, -0.15) is 0 Å². The second-order valence-corrected chi connectivity index (χ2v) is 5.63. The monoisotopic (exact) mass is 348 g/mol. The molecule has 0 saturated carbocycles. The molecule has 1 aliphatic heterocycles. The number of amides is 1. The first-order chi connectivity index (χ1) is 12.0. The minimum atomic E-state index is -0.780. The Balaban J connectivity index is 1.90. The van der Waals surface area contributed by atoms with Crippen molar-refractivity contribution in [1.29, 1.82) is 0 Å². The van der Waals surface area contributed by atoms with Gasteiger partial charge in [-0.15, -0.1) is 0 Å². The number of halogens is 2. The summed E-state index contributed by atoms with van der Waals surface area (Å²) in [6.45, 7) is 1.26. The van der Waals surface area contributed by atoms with E-state index in [9.17, 15) is 13.6 Å². The molecule has 1 heterocycles. The Morgan fingerprint density at radius 2 is 1.88 bits per heavy atom. The fourth-order valence-electron chi connectivity index (χ4n) is 2.85. The molecular weight excluding hydrogens is 330 g/mol. The fourth-order valence-corrected chi connectivity index (χ4v) is 2.85. The van der Waals surface area contributed by atoms with Crippen molar-refractivity contribution in [3.8, 4) is 11.5 Å². The molecule has 1 amide bonds. The molecule has 0 bridgehead atoms. The number of rotatable bonds is 4. The highest BCUT2D eigenvalue weighted by Gasteiger charge is 2.21. The summed E-state index contributed by atoms with van der Waals surface area (Å²) < 4.78 is 38.9. The van der Waals surface area contributed by atoms with Gasteiger partial charge in [0, 0.05) is 12.6 Å². The summed E-state index contributed by atoms with van der Waals surface area (Å²) in [6.07, 6.45) is 0.537. The first kappa shape index (κ1) is 17.2. The predicted octanol–water partition coefficient (Wildman–Crippen LogP) is 2.88. The molecular formula is C18H18F2N2O3. The van der Waals surface area contributed by atoms with Gasteiger partial charge in [-0.1, -0.05) is 6.07 Å². The second kappa shape index (κ2) is 7.06. The van der Waals surface area contributed by atoms with Crippen molar-refractivity contribution in [3.63, 3.8) is 0 Å². The van der Waals surface area contributed by atoms with Gasteiger partial charge in [-0.05, 0) is 36.2 Å². The highest BCUT2D eigenvalue weighted by Crippen LogP contribution is 2.31. The average molecular weight is 348 g/mol. The van der Waals surface area contributed by atoms with Gasteiger partial charge in [0.15, 0.2) is 11.5 Å². The highest BCUT2D eigenvalue weighted by atomic mass is 19.1. The number of anilines is 1. The van der Waals surface area contributed by atoms with E-state index in [0.29, 0.717) is 25.1 Å². The van der Waals surface area contributed by atoms with Crippen LogP contribution in [-0.2, 0) is 13.0 Å². The van der Waals surface area contributed by atoms with E-state index in [-0.39, 0.29) is 22.7 Å². The largest absolute Gasteiger partial charge is 0.493 e. The molecule has 0 saturated heterocycles. The van der Waals surface area contributed by atoms with Gasteiger partial charge >= 0.3 is 0 Å². The lowest BCUT2D eigenvalue weighted by Crippen LogP contribution is -2.25. The number of fused-ring (bicyclic) bond motifs is 1. The molecule has 0 radical (unpaired) electrons. The zero-order chi connectivity index (χ0) is 18.0. The number of hydrogen-bond donors (Lipinski definition) is 2. The van der Waals surface area contributed by atoms with Crippen LogP contribution in [0.5, 0.6) is 11.5 Å². The number of carbonyl (C=O) groups excluding carboxylic acids is 1. The van der Waals surface area contributed by atoms with Crippen molar-refractivity contribution in [2.75, 3.05) is 26.1 Å². The topological polar surface area (TPSA) is 59.6 Å². The molecule has 0 aromatic heterocycles. The van der Waals surface area contributed by atoms with Gasteiger partial charge in [0.2, 0.25) is 0 Å². The van der Waals surface area contributed by atoms with Crippen LogP contribution in [0.3, 0.4) is 0 Å². The average Bonchev–Trinajstić information content (AvgIpc) is 2.63. The van der Waals surface area contributed by atoms with Crippen molar-refractivity contribution in [2.45, 2.75) is 13.0 Å². The smallest absolute Gasteiger partial charge is 0.258 e. The van der Waals surface area contributed by atoms with Gasteiger partial charge in [-0.3, -0.25) is 4.79 Å². The number of benzene rings is 2. The Morgan fingerprint density at radius 1 is 1.16 bits per heavy atom. The summed E-state index contributed by atoms with van der Waals surface area (Å²) in [6, 6.07) is 5.52. The van der Waals surface area contributed by atoms with Crippen molar-refractivity contribution < 1.29 is 23.0 Å². The van der Waals surface area contributed by atoms with Gasteiger partial charge in [0.05, 0.1) is 25.5 Å². The normalized spacial score (nSPS) is 13.1. The number of carbonyl (C=O) groups is 1. The van der Waals surface area contributed by atoms with E-state index in [2.05, 4.69) is 10.6 Å². The van der Waals surface area contributed by atoms with Crippen LogP contribution in [0, 0.1) is 11.6 Å². The van der Waals surface area contributed by atoms with Crippen LogP contribution in [0.4, 0.5) is 14.5 Å². The van der Waals surface area contributed by atoms with Crippen molar-refractivity contribution in [1.82, 2.24) is 5.32 Å². The van der Waals surface area contributed by atoms with E-state index in [1.807, 2.05) is 0 Å². The Bertz CT molecular complexity index is 824. The lowest BCUT2D eigenvalue weighted by molar-refractivity contribution is 0.102. The molecule has 2 N–H and O–H groups in total. The molecule has 3 rings (SSSR count). The van der Waals surface area contributed by atoms with Crippen LogP contribution in [0.15, 0.2) is 24.3 Å². The first-order valence-corrected chi connectivity index (χ1v) is 7.79. The van der Waals surface area contributed by atoms with Crippen LogP contribution >= 0.6 is 0 Å². The minimum Gasteiger partial charge on any atom is -0.493 e. The molecule has 0 fully saturated rings. The summed E-state index contributed by atoms with van der Waals surface area (Å²) in [5.41, 5.74) is 1.21. The van der Waals surface area contributed by atoms with Crippen molar-refractivity contribution >= 4 is 11.6 Å². The van der Waals surface area contributed by atoms with Gasteiger partial charge in [-0.25, -0.2) is 8.78 Å². The minimum absolute atomic E-state index is 0.0276. The Labute approximate surface area is 143 Å². The van der Waals surface area contributed by atoms with E-state index in [1.54, 1.807) is 6.07 Å². The van der Waals surface area contributed by atoms with E-state index < -0.39 is 17.5 Å². The van der Waals surface area contributed by atoms with E-state index in [1.165, 1.54) is 26.4 Å². The van der Waals surface area contributed by atoms with E-state index in [4.69, 9.17) is 9.47 Å². The van der Waals surface area contributed by atoms with Crippen LogP contribution in [0.2, 0.25) is 0 Å². The van der Waals surface area contributed by atoms with Crippen LogP contribution in [-0.4, -0.2) is 26.7 Å². The number of methoxy groups -OCH3 is 2. The summed E-state index contributed by atoms with van der Waals surface area (Å²) >= 11 is 0. The molecule has 2 aromatic rings. The van der Waals surface area contributed by atoms with Gasteiger partial charge < -0.3 is 20.1 Å². The lowest BCUT2D eigenvalue weighted by Gasteiger charge is -2.19. The van der Waals surface area contributed by atoms with E-state index in [0.717, 1.165) is 11.6 Å². The van der Waals surface area contributed by atoms with Gasteiger partial charge in [0.25, 0.3) is 5.91 Å². The zero-order valence-corrected chi connectivity index (χ0v) is 13.9. The summed E-state index contributed by atoms with van der Waals surface area (Å²) in [5, 5.41) is 5.59. The molecule has 132 valence electrons. The van der Waals surface area contributed by atoms with E-state index >= 15 is 0 Å². The lowest BCUT2D eigenvalue weighted by atomic mass is 9.99. The molecule has 25 heavy (non-hydrogen) atoms. The second-order valence-electron chi connectivity index (χ2n) is 5.63. The molecule has 0 aliphatic carbocycles.